The summed E-state index contributed by atoms with van der Waals surface area (Å²) >= 11 is 0. The molecule has 3 amide bonds. The molecule has 0 radical (unpaired) electrons. The van der Waals surface area contributed by atoms with Crippen molar-refractivity contribution in [3.05, 3.63) is 52.1 Å². The summed E-state index contributed by atoms with van der Waals surface area (Å²) in [6, 6.07) is 5.48. The van der Waals surface area contributed by atoms with E-state index in [1.165, 1.54) is 14.0 Å². The number of benzene rings is 2. The first-order valence-corrected chi connectivity index (χ1v) is 14.7. The molecule has 1 aliphatic heterocycles. The summed E-state index contributed by atoms with van der Waals surface area (Å²) < 4.78 is 36.8. The average Bonchev–Trinajstić information content (AvgIpc) is 3.15. The minimum absolute atomic E-state index is 0.100. The Morgan fingerprint density at radius 3 is 2.29 bits per heavy atom. The summed E-state index contributed by atoms with van der Waals surface area (Å²) in [5.41, 5.74) is 2.50. The number of methoxy groups -OCH3 is 1. The van der Waals surface area contributed by atoms with Gasteiger partial charge in [-0.3, -0.25) is 19.3 Å². The monoisotopic (exact) mass is 544 g/mol. The highest BCUT2D eigenvalue weighted by atomic mass is 32.2. The molecule has 3 rings (SSSR count). The number of ether oxygens (including phenoxy) is 2. The molecule has 0 bridgehead atoms. The van der Waals surface area contributed by atoms with Crippen LogP contribution >= 0.6 is 0 Å². The maximum absolute atomic E-state index is 14.0. The van der Waals surface area contributed by atoms with Gasteiger partial charge in [-0.2, -0.15) is 0 Å². The number of sulfone groups is 1. The molecule has 38 heavy (non-hydrogen) atoms. The fourth-order valence-electron chi connectivity index (χ4n) is 4.69. The molecular weight excluding hydrogens is 508 g/mol. The summed E-state index contributed by atoms with van der Waals surface area (Å²) in [4.78, 5) is 41.3. The third-order valence-corrected chi connectivity index (χ3v) is 8.36. The smallest absolute Gasteiger partial charge is 0.264 e. The number of hydrogen-bond donors (Lipinski definition) is 1. The summed E-state index contributed by atoms with van der Waals surface area (Å²) in [5.74, 6) is -1.30. The molecule has 9 nitrogen and oxygen atoms in total. The lowest BCUT2D eigenvalue weighted by atomic mass is 9.93. The molecule has 206 valence electrons. The topological polar surface area (TPSA) is 119 Å². The van der Waals surface area contributed by atoms with E-state index < -0.39 is 33.4 Å². The molecule has 0 unspecified atom stereocenters. The van der Waals surface area contributed by atoms with Crippen molar-refractivity contribution < 1.29 is 32.3 Å². The Kier molecular flexibility index (Phi) is 9.19. The predicted octanol–water partition coefficient (Wildman–Crippen LogP) is 4.48. The number of amides is 3. The fraction of sp³-hybridized carbons (Fsp3) is 0.464. The van der Waals surface area contributed by atoms with Gasteiger partial charge in [-0.1, -0.05) is 33.3 Å². The normalized spacial score (nSPS) is 13.9. The molecule has 1 heterocycles. The second-order valence-electron chi connectivity index (χ2n) is 9.16. The van der Waals surface area contributed by atoms with Crippen molar-refractivity contribution in [2.75, 3.05) is 30.5 Å². The molecule has 2 aromatic carbocycles. The van der Waals surface area contributed by atoms with Crippen molar-refractivity contribution in [1.29, 1.82) is 0 Å². The van der Waals surface area contributed by atoms with Crippen LogP contribution in [0.3, 0.4) is 0 Å². The van der Waals surface area contributed by atoms with Gasteiger partial charge < -0.3 is 14.8 Å². The van der Waals surface area contributed by atoms with Crippen LogP contribution in [0, 0.1) is 6.92 Å². The number of nitrogens with zero attached hydrogens (tertiary/aromatic N) is 1. The van der Waals surface area contributed by atoms with Gasteiger partial charge in [0.2, 0.25) is 5.91 Å². The molecular formula is C28H36N2O7S. The summed E-state index contributed by atoms with van der Waals surface area (Å²) in [5, 5.41) is 2.76. The number of carbonyl (C=O) groups excluding carboxylic acids is 3. The largest absolute Gasteiger partial charge is 0.493 e. The first kappa shape index (κ1) is 29.2. The predicted molar refractivity (Wildman–Crippen MR) is 146 cm³/mol. The zero-order valence-corrected chi connectivity index (χ0v) is 23.7. The summed E-state index contributed by atoms with van der Waals surface area (Å²) in [6.45, 7) is 9.17. The number of rotatable bonds is 12. The SMILES string of the molecule is CCCc1c(C)cc(NC(=O)CC)c2c1C(=O)N([C@H](CS(=O)(=O)CC)c1ccc(OC)c(OCC)c1)C2=O. The van der Waals surface area contributed by atoms with E-state index in [4.69, 9.17) is 9.47 Å². The van der Waals surface area contributed by atoms with Crippen molar-refractivity contribution in [3.63, 3.8) is 0 Å². The highest BCUT2D eigenvalue weighted by molar-refractivity contribution is 7.91. The zero-order valence-electron chi connectivity index (χ0n) is 22.8. The number of nitrogens with one attached hydrogen (secondary N) is 1. The van der Waals surface area contributed by atoms with Crippen molar-refractivity contribution in [1.82, 2.24) is 4.90 Å². The molecule has 0 aromatic heterocycles. The van der Waals surface area contributed by atoms with E-state index >= 15 is 0 Å². The van der Waals surface area contributed by atoms with Crippen molar-refractivity contribution in [3.8, 4) is 11.5 Å². The Morgan fingerprint density at radius 1 is 1.03 bits per heavy atom. The number of aryl methyl sites for hydroxylation is 1. The maximum atomic E-state index is 14.0. The van der Waals surface area contributed by atoms with E-state index in [1.807, 2.05) is 13.8 Å². The number of imide groups is 1. The maximum Gasteiger partial charge on any atom is 0.264 e. The van der Waals surface area contributed by atoms with Crippen LogP contribution in [0.2, 0.25) is 0 Å². The lowest BCUT2D eigenvalue weighted by Gasteiger charge is -2.27. The van der Waals surface area contributed by atoms with Gasteiger partial charge in [0.05, 0.1) is 42.3 Å². The first-order chi connectivity index (χ1) is 18.0. The van der Waals surface area contributed by atoms with Crippen LogP contribution in [-0.4, -0.2) is 56.3 Å². The van der Waals surface area contributed by atoms with Crippen LogP contribution in [0.25, 0.3) is 0 Å². The molecule has 0 aliphatic carbocycles. The van der Waals surface area contributed by atoms with E-state index in [9.17, 15) is 22.8 Å². The second-order valence-corrected chi connectivity index (χ2v) is 11.6. The Hall–Kier alpha value is -3.40. The number of hydrogen-bond acceptors (Lipinski definition) is 7. The van der Waals surface area contributed by atoms with E-state index in [0.29, 0.717) is 30.1 Å². The quantitative estimate of drug-likeness (QED) is 0.392. The highest BCUT2D eigenvalue weighted by Gasteiger charge is 2.45. The molecule has 2 aromatic rings. The van der Waals surface area contributed by atoms with Crippen LogP contribution in [0.1, 0.15) is 84.0 Å². The van der Waals surface area contributed by atoms with Crippen molar-refractivity contribution in [2.24, 2.45) is 0 Å². The van der Waals surface area contributed by atoms with Gasteiger partial charge in [-0.25, -0.2) is 8.42 Å². The molecule has 1 aliphatic rings. The summed E-state index contributed by atoms with van der Waals surface area (Å²) in [6.07, 6.45) is 1.48. The van der Waals surface area contributed by atoms with Gasteiger partial charge in [0.25, 0.3) is 11.8 Å². The van der Waals surface area contributed by atoms with Gasteiger partial charge in [0.1, 0.15) is 0 Å². The zero-order chi connectivity index (χ0) is 28.2. The van der Waals surface area contributed by atoms with Gasteiger partial charge in [-0.05, 0) is 55.2 Å². The van der Waals surface area contributed by atoms with Gasteiger partial charge >= 0.3 is 0 Å². The van der Waals surface area contributed by atoms with Gasteiger partial charge in [0.15, 0.2) is 21.3 Å². The molecule has 0 saturated heterocycles. The Labute approximate surface area is 224 Å². The fourth-order valence-corrected chi connectivity index (χ4v) is 5.75. The Balaban J connectivity index is 2.25. The van der Waals surface area contributed by atoms with E-state index in [0.717, 1.165) is 22.4 Å². The minimum atomic E-state index is -3.63. The first-order valence-electron chi connectivity index (χ1n) is 12.9. The number of anilines is 1. The molecule has 0 fully saturated rings. The standard InChI is InChI=1S/C28H36N2O7S/c1-7-11-19-17(5)14-20(29-24(31)8-2)26-25(19)27(32)30(28(26)33)21(16-38(34,35)10-4)18-12-13-22(36-6)23(15-18)37-9-3/h12-15,21H,7-11,16H2,1-6H3,(H,29,31)/t21-/m1/s1. The average molecular weight is 545 g/mol. The van der Waals surface area contributed by atoms with Gasteiger partial charge in [-0.15, -0.1) is 0 Å². The van der Waals surface area contributed by atoms with Crippen molar-refractivity contribution in [2.45, 2.75) is 59.9 Å². The lowest BCUT2D eigenvalue weighted by Crippen LogP contribution is -2.38. The minimum Gasteiger partial charge on any atom is -0.493 e. The van der Waals surface area contributed by atoms with Crippen LogP contribution in [0.4, 0.5) is 5.69 Å². The number of carbonyl (C=O) groups is 3. The molecule has 1 atom stereocenters. The second kappa shape index (κ2) is 12.0. The molecule has 1 N–H and O–H groups in total. The molecule has 0 saturated carbocycles. The molecule has 0 spiro atoms. The van der Waals surface area contributed by atoms with E-state index in [1.54, 1.807) is 38.1 Å². The highest BCUT2D eigenvalue weighted by Crippen LogP contribution is 2.41. The van der Waals surface area contributed by atoms with Crippen LogP contribution in [-0.2, 0) is 21.1 Å². The third-order valence-electron chi connectivity index (χ3n) is 6.65. The van der Waals surface area contributed by atoms with E-state index in [2.05, 4.69) is 5.32 Å². The van der Waals surface area contributed by atoms with E-state index in [-0.39, 0.29) is 34.9 Å². The van der Waals surface area contributed by atoms with Crippen LogP contribution in [0.15, 0.2) is 24.3 Å². The Bertz CT molecular complexity index is 1350. The third kappa shape index (κ3) is 5.70. The van der Waals surface area contributed by atoms with Crippen LogP contribution < -0.4 is 14.8 Å². The van der Waals surface area contributed by atoms with Gasteiger partial charge in [0, 0.05) is 12.2 Å². The van der Waals surface area contributed by atoms with Crippen LogP contribution in [0.5, 0.6) is 11.5 Å². The number of fused-ring (bicyclic) bond motifs is 1. The molecule has 10 heteroatoms. The Morgan fingerprint density at radius 2 is 1.71 bits per heavy atom. The lowest BCUT2D eigenvalue weighted by molar-refractivity contribution is -0.115. The van der Waals surface area contributed by atoms with Crippen molar-refractivity contribution >= 4 is 33.2 Å². The summed E-state index contributed by atoms with van der Waals surface area (Å²) in [7, 11) is -2.14.